The molecule has 0 aliphatic heterocycles. The van der Waals surface area contributed by atoms with Crippen LogP contribution in [0.1, 0.15) is 40.0 Å². The number of aliphatic carboxylic acids is 1. The van der Waals surface area contributed by atoms with E-state index in [1.165, 1.54) is 0 Å². The first kappa shape index (κ1) is 16.7. The van der Waals surface area contributed by atoms with Gasteiger partial charge in [-0.3, -0.25) is 4.79 Å². The Labute approximate surface area is 108 Å². The number of hydrogen-bond donors (Lipinski definition) is 3. The van der Waals surface area contributed by atoms with Gasteiger partial charge in [-0.2, -0.15) is 0 Å². The molecule has 0 aromatic heterocycles. The minimum atomic E-state index is -0.854. The van der Waals surface area contributed by atoms with Crippen LogP contribution >= 0.6 is 0 Å². The van der Waals surface area contributed by atoms with Crippen molar-refractivity contribution in [3.63, 3.8) is 0 Å². The maximum Gasteiger partial charge on any atom is 0.314 e. The Bertz CT molecular complexity index is 279. The van der Waals surface area contributed by atoms with E-state index < -0.39 is 5.97 Å². The molecule has 0 saturated carbocycles. The minimum Gasteiger partial charge on any atom is -0.481 e. The van der Waals surface area contributed by atoms with E-state index in [9.17, 15) is 9.59 Å². The van der Waals surface area contributed by atoms with Gasteiger partial charge in [0.2, 0.25) is 0 Å². The molecule has 3 N–H and O–H groups in total. The highest BCUT2D eigenvalue weighted by molar-refractivity contribution is 5.74. The number of carboxylic acid groups (broad SMARTS) is 1. The molecule has 0 aliphatic rings. The van der Waals surface area contributed by atoms with E-state index in [2.05, 4.69) is 10.6 Å². The number of amides is 2. The van der Waals surface area contributed by atoms with E-state index in [0.717, 1.165) is 0 Å². The minimum absolute atomic E-state index is 0.0144. The summed E-state index contributed by atoms with van der Waals surface area (Å²) >= 11 is 0. The third-order valence-electron chi connectivity index (χ3n) is 2.58. The summed E-state index contributed by atoms with van der Waals surface area (Å²) in [5.74, 6) is -0.854. The highest BCUT2D eigenvalue weighted by Crippen LogP contribution is 2.15. The largest absolute Gasteiger partial charge is 0.481 e. The van der Waals surface area contributed by atoms with Gasteiger partial charge in [-0.05, 0) is 33.6 Å². The van der Waals surface area contributed by atoms with Crippen molar-refractivity contribution in [2.75, 3.05) is 13.7 Å². The average Bonchev–Trinajstić information content (AvgIpc) is 2.23. The number of rotatable bonds is 8. The summed E-state index contributed by atoms with van der Waals surface area (Å²) in [6, 6.07) is -0.292. The molecule has 0 bridgehead atoms. The van der Waals surface area contributed by atoms with Crippen LogP contribution in [0.4, 0.5) is 4.79 Å². The van der Waals surface area contributed by atoms with Crippen molar-refractivity contribution < 1.29 is 19.4 Å². The van der Waals surface area contributed by atoms with E-state index in [1.807, 2.05) is 20.8 Å². The molecule has 1 atom stereocenters. The van der Waals surface area contributed by atoms with Gasteiger partial charge in [-0.1, -0.05) is 0 Å². The molecule has 18 heavy (non-hydrogen) atoms. The fourth-order valence-electron chi connectivity index (χ4n) is 1.59. The highest BCUT2D eigenvalue weighted by atomic mass is 16.5. The molecule has 0 saturated heterocycles. The van der Waals surface area contributed by atoms with Gasteiger partial charge in [-0.15, -0.1) is 0 Å². The zero-order valence-corrected chi connectivity index (χ0v) is 11.6. The number of methoxy groups -OCH3 is 1. The van der Waals surface area contributed by atoms with Gasteiger partial charge in [0, 0.05) is 26.1 Å². The first-order chi connectivity index (χ1) is 8.26. The lowest BCUT2D eigenvalue weighted by molar-refractivity contribution is -0.137. The van der Waals surface area contributed by atoms with Crippen LogP contribution in [0.3, 0.4) is 0 Å². The van der Waals surface area contributed by atoms with Crippen molar-refractivity contribution in [2.24, 2.45) is 0 Å². The molecule has 6 heteroatoms. The monoisotopic (exact) mass is 260 g/mol. The Morgan fingerprint density at radius 2 is 2.00 bits per heavy atom. The lowest BCUT2D eigenvalue weighted by atomic mass is 10.00. The maximum absolute atomic E-state index is 11.5. The number of nitrogens with one attached hydrogen (secondary N) is 2. The molecule has 0 rings (SSSR count). The standard InChI is InChI=1S/C12H24N2O4/c1-9(8-12(2,3)18-4)14-11(17)13-7-5-6-10(15)16/h9H,5-8H2,1-4H3,(H,15,16)(H2,13,14,17). The number of carbonyl (C=O) groups excluding carboxylic acids is 1. The molecule has 0 fully saturated rings. The van der Waals surface area contributed by atoms with Crippen LogP contribution in [0.2, 0.25) is 0 Å². The molecule has 106 valence electrons. The van der Waals surface area contributed by atoms with Crippen LogP contribution in [0.25, 0.3) is 0 Å². The molecule has 0 radical (unpaired) electrons. The van der Waals surface area contributed by atoms with E-state index >= 15 is 0 Å². The van der Waals surface area contributed by atoms with Gasteiger partial charge in [-0.25, -0.2) is 4.79 Å². The van der Waals surface area contributed by atoms with Crippen LogP contribution in [-0.4, -0.2) is 42.4 Å². The second-order valence-corrected chi connectivity index (χ2v) is 4.97. The second-order valence-electron chi connectivity index (χ2n) is 4.97. The summed E-state index contributed by atoms with van der Waals surface area (Å²) in [5.41, 5.74) is -0.282. The summed E-state index contributed by atoms with van der Waals surface area (Å²) in [6.07, 6.45) is 1.19. The topological polar surface area (TPSA) is 87.7 Å². The maximum atomic E-state index is 11.5. The SMILES string of the molecule is COC(C)(C)CC(C)NC(=O)NCCCC(=O)O. The second kappa shape index (κ2) is 7.92. The fraction of sp³-hybridized carbons (Fsp3) is 0.833. The van der Waals surface area contributed by atoms with E-state index in [0.29, 0.717) is 19.4 Å². The van der Waals surface area contributed by atoms with Crippen LogP contribution in [0, 0.1) is 0 Å². The number of ether oxygens (including phenoxy) is 1. The summed E-state index contributed by atoms with van der Waals surface area (Å²) in [4.78, 5) is 21.7. The van der Waals surface area contributed by atoms with Crippen LogP contribution in [0.5, 0.6) is 0 Å². The van der Waals surface area contributed by atoms with Crippen LogP contribution in [-0.2, 0) is 9.53 Å². The van der Waals surface area contributed by atoms with Crippen molar-refractivity contribution in [3.05, 3.63) is 0 Å². The molecule has 0 aromatic carbocycles. The Kier molecular flexibility index (Phi) is 7.35. The van der Waals surface area contributed by atoms with E-state index in [-0.39, 0.29) is 24.1 Å². The van der Waals surface area contributed by atoms with Gasteiger partial charge in [0.1, 0.15) is 0 Å². The Morgan fingerprint density at radius 3 is 2.50 bits per heavy atom. The molecular formula is C12H24N2O4. The summed E-state index contributed by atoms with van der Waals surface area (Å²) < 4.78 is 5.28. The molecule has 6 nitrogen and oxygen atoms in total. The molecule has 0 spiro atoms. The smallest absolute Gasteiger partial charge is 0.314 e. The lowest BCUT2D eigenvalue weighted by Crippen LogP contribution is -2.44. The van der Waals surface area contributed by atoms with Crippen molar-refractivity contribution in [1.29, 1.82) is 0 Å². The van der Waals surface area contributed by atoms with Crippen molar-refractivity contribution in [3.8, 4) is 0 Å². The van der Waals surface area contributed by atoms with Gasteiger partial charge in [0.15, 0.2) is 0 Å². The Hall–Kier alpha value is -1.30. The van der Waals surface area contributed by atoms with Crippen LogP contribution in [0.15, 0.2) is 0 Å². The fourth-order valence-corrected chi connectivity index (χ4v) is 1.59. The number of carboxylic acids is 1. The van der Waals surface area contributed by atoms with Gasteiger partial charge < -0.3 is 20.5 Å². The first-order valence-corrected chi connectivity index (χ1v) is 6.08. The van der Waals surface area contributed by atoms with Crippen molar-refractivity contribution >= 4 is 12.0 Å². The number of hydrogen-bond acceptors (Lipinski definition) is 3. The van der Waals surface area contributed by atoms with Gasteiger partial charge in [0.05, 0.1) is 5.60 Å². The summed E-state index contributed by atoms with van der Waals surface area (Å²) in [5, 5.41) is 13.8. The van der Waals surface area contributed by atoms with E-state index in [1.54, 1.807) is 7.11 Å². The predicted octanol–water partition coefficient (Wildman–Crippen LogP) is 1.35. The molecule has 1 unspecified atom stereocenters. The summed E-state index contributed by atoms with van der Waals surface area (Å²) in [6.45, 7) is 6.17. The van der Waals surface area contributed by atoms with Crippen molar-refractivity contribution in [2.45, 2.75) is 51.7 Å². The van der Waals surface area contributed by atoms with E-state index in [4.69, 9.17) is 9.84 Å². The zero-order chi connectivity index (χ0) is 14.2. The molecule has 0 aliphatic carbocycles. The Morgan fingerprint density at radius 1 is 1.39 bits per heavy atom. The number of carbonyl (C=O) groups is 2. The number of urea groups is 1. The molecule has 0 aromatic rings. The quantitative estimate of drug-likeness (QED) is 0.575. The zero-order valence-electron chi connectivity index (χ0n) is 11.6. The Balaban J connectivity index is 3.77. The average molecular weight is 260 g/mol. The predicted molar refractivity (Wildman–Crippen MR) is 68.6 cm³/mol. The molecule has 2 amide bonds. The van der Waals surface area contributed by atoms with Crippen molar-refractivity contribution in [1.82, 2.24) is 10.6 Å². The van der Waals surface area contributed by atoms with Crippen LogP contribution < -0.4 is 10.6 Å². The normalized spacial score (nSPS) is 12.9. The molecule has 0 heterocycles. The van der Waals surface area contributed by atoms with Gasteiger partial charge in [0.25, 0.3) is 0 Å². The summed E-state index contributed by atoms with van der Waals surface area (Å²) in [7, 11) is 1.64. The first-order valence-electron chi connectivity index (χ1n) is 6.08. The lowest BCUT2D eigenvalue weighted by Gasteiger charge is -2.27. The van der Waals surface area contributed by atoms with Gasteiger partial charge >= 0.3 is 12.0 Å². The third kappa shape index (κ3) is 8.81. The molecular weight excluding hydrogens is 236 g/mol. The third-order valence-corrected chi connectivity index (χ3v) is 2.58. The highest BCUT2D eigenvalue weighted by Gasteiger charge is 2.20.